The molecule has 0 radical (unpaired) electrons. The number of hydrazone groups is 1. The lowest BCUT2D eigenvalue weighted by atomic mass is 10.2. The molecule has 8 nitrogen and oxygen atoms in total. The number of thiazole rings is 1. The molecule has 0 aliphatic carbocycles. The van der Waals surface area contributed by atoms with E-state index in [2.05, 4.69) is 41.8 Å². The average molecular weight is 369 g/mol. The molecular formula is C17H19N7OS. The molecule has 0 atom stereocenters. The minimum Gasteiger partial charge on any atom is -0.305 e. The summed E-state index contributed by atoms with van der Waals surface area (Å²) in [6.45, 7) is 2.60. The Hall–Kier alpha value is -2.91. The Labute approximate surface area is 155 Å². The topological polar surface area (TPSA) is 95.4 Å². The van der Waals surface area contributed by atoms with Crippen LogP contribution in [0, 0.1) is 0 Å². The first-order valence-corrected chi connectivity index (χ1v) is 8.75. The first-order chi connectivity index (χ1) is 12.5. The Morgan fingerprint density at radius 3 is 2.88 bits per heavy atom. The average Bonchev–Trinajstić information content (AvgIpc) is 3.01. The van der Waals surface area contributed by atoms with Crippen molar-refractivity contribution in [1.29, 1.82) is 0 Å². The zero-order valence-electron chi connectivity index (χ0n) is 14.7. The summed E-state index contributed by atoms with van der Waals surface area (Å²) < 4.78 is 1.03. The molecule has 0 aliphatic heterocycles. The van der Waals surface area contributed by atoms with E-state index >= 15 is 0 Å². The van der Waals surface area contributed by atoms with Crippen molar-refractivity contribution in [2.24, 2.45) is 5.10 Å². The van der Waals surface area contributed by atoms with Gasteiger partial charge in [-0.1, -0.05) is 17.4 Å². The monoisotopic (exact) mass is 369 g/mol. The van der Waals surface area contributed by atoms with E-state index < -0.39 is 6.03 Å². The van der Waals surface area contributed by atoms with E-state index in [0.717, 1.165) is 16.8 Å². The normalized spacial score (nSPS) is 11.8. The number of nitrogens with zero attached hydrogens (tertiary/aromatic N) is 5. The molecule has 2 heterocycles. The van der Waals surface area contributed by atoms with Gasteiger partial charge in [0.05, 0.1) is 22.1 Å². The molecule has 0 saturated carbocycles. The minimum atomic E-state index is -0.458. The van der Waals surface area contributed by atoms with Crippen LogP contribution in [0.1, 0.15) is 18.2 Å². The first kappa shape index (κ1) is 17.9. The van der Waals surface area contributed by atoms with Gasteiger partial charge in [-0.2, -0.15) is 5.10 Å². The lowest BCUT2D eigenvalue weighted by Crippen LogP contribution is -2.25. The van der Waals surface area contributed by atoms with Crippen LogP contribution in [0.4, 0.5) is 9.93 Å². The molecule has 26 heavy (non-hydrogen) atoms. The Kier molecular flexibility index (Phi) is 5.49. The third kappa shape index (κ3) is 4.58. The molecule has 1 aromatic carbocycles. The van der Waals surface area contributed by atoms with Crippen molar-refractivity contribution in [1.82, 2.24) is 25.3 Å². The number of hydrogen-bond acceptors (Lipinski definition) is 7. The van der Waals surface area contributed by atoms with Crippen LogP contribution in [0.2, 0.25) is 0 Å². The zero-order valence-corrected chi connectivity index (χ0v) is 15.5. The lowest BCUT2D eigenvalue weighted by molar-refractivity contribution is 0.252. The van der Waals surface area contributed by atoms with Crippen LogP contribution in [0.25, 0.3) is 10.2 Å². The fourth-order valence-electron chi connectivity index (χ4n) is 2.29. The van der Waals surface area contributed by atoms with Gasteiger partial charge < -0.3 is 4.90 Å². The first-order valence-electron chi connectivity index (χ1n) is 7.93. The Balaban J connectivity index is 1.65. The Bertz CT molecular complexity index is 937. The predicted molar refractivity (Wildman–Crippen MR) is 103 cm³/mol. The molecule has 3 aromatic rings. The molecule has 0 aliphatic rings. The van der Waals surface area contributed by atoms with Crippen LogP contribution in [0.15, 0.2) is 41.9 Å². The number of amides is 2. The van der Waals surface area contributed by atoms with Gasteiger partial charge in [0.25, 0.3) is 0 Å². The summed E-state index contributed by atoms with van der Waals surface area (Å²) in [5.41, 5.74) is 5.65. The predicted octanol–water partition coefficient (Wildman–Crippen LogP) is 2.69. The van der Waals surface area contributed by atoms with E-state index in [1.54, 1.807) is 25.5 Å². The molecule has 9 heteroatoms. The highest BCUT2D eigenvalue weighted by Gasteiger charge is 2.09. The van der Waals surface area contributed by atoms with E-state index in [4.69, 9.17) is 0 Å². The van der Waals surface area contributed by atoms with Gasteiger partial charge >= 0.3 is 6.03 Å². The molecule has 2 amide bonds. The van der Waals surface area contributed by atoms with E-state index in [1.165, 1.54) is 16.9 Å². The van der Waals surface area contributed by atoms with Crippen molar-refractivity contribution < 1.29 is 4.79 Å². The molecule has 0 spiro atoms. The number of fused-ring (bicyclic) bond motifs is 1. The maximum Gasteiger partial charge on any atom is 0.341 e. The van der Waals surface area contributed by atoms with Crippen LogP contribution >= 0.6 is 11.3 Å². The molecule has 0 unspecified atom stereocenters. The van der Waals surface area contributed by atoms with Crippen molar-refractivity contribution in [3.63, 3.8) is 0 Å². The molecule has 3 rings (SSSR count). The molecule has 2 aromatic heterocycles. The molecule has 0 bridgehead atoms. The van der Waals surface area contributed by atoms with Gasteiger partial charge in [0.15, 0.2) is 5.13 Å². The Morgan fingerprint density at radius 2 is 2.15 bits per heavy atom. The number of carbonyl (C=O) groups excluding carboxylic acids is 1. The number of urea groups is 1. The second kappa shape index (κ2) is 7.98. The summed E-state index contributed by atoms with van der Waals surface area (Å²) in [4.78, 5) is 26.6. The van der Waals surface area contributed by atoms with Gasteiger partial charge in [0.1, 0.15) is 5.69 Å². The number of anilines is 1. The van der Waals surface area contributed by atoms with Gasteiger partial charge in [-0.05, 0) is 38.7 Å². The van der Waals surface area contributed by atoms with Crippen molar-refractivity contribution in [2.45, 2.75) is 13.5 Å². The van der Waals surface area contributed by atoms with Crippen molar-refractivity contribution >= 4 is 38.4 Å². The molecular weight excluding hydrogens is 350 g/mol. The Morgan fingerprint density at radius 1 is 1.31 bits per heavy atom. The fourth-order valence-corrected chi connectivity index (χ4v) is 3.21. The summed E-state index contributed by atoms with van der Waals surface area (Å²) in [6, 6.07) is 5.64. The third-order valence-electron chi connectivity index (χ3n) is 3.43. The van der Waals surface area contributed by atoms with Crippen molar-refractivity contribution in [3.8, 4) is 0 Å². The second-order valence-electron chi connectivity index (χ2n) is 5.91. The zero-order chi connectivity index (χ0) is 18.5. The largest absolute Gasteiger partial charge is 0.341 e. The van der Waals surface area contributed by atoms with Gasteiger partial charge in [-0.3, -0.25) is 15.3 Å². The highest BCUT2D eigenvalue weighted by atomic mass is 32.1. The van der Waals surface area contributed by atoms with Crippen LogP contribution < -0.4 is 10.7 Å². The number of nitrogens with one attached hydrogen (secondary N) is 2. The van der Waals surface area contributed by atoms with Crippen LogP contribution in [0.3, 0.4) is 0 Å². The van der Waals surface area contributed by atoms with Gasteiger partial charge in [-0.25, -0.2) is 15.2 Å². The highest BCUT2D eigenvalue weighted by molar-refractivity contribution is 7.22. The third-order valence-corrected chi connectivity index (χ3v) is 4.36. The second-order valence-corrected chi connectivity index (χ2v) is 6.94. The number of rotatable bonds is 5. The number of carbonyl (C=O) groups is 1. The van der Waals surface area contributed by atoms with Crippen LogP contribution in [-0.4, -0.2) is 45.7 Å². The number of aromatic nitrogens is 3. The molecule has 0 fully saturated rings. The van der Waals surface area contributed by atoms with E-state index in [9.17, 15) is 4.79 Å². The quantitative estimate of drug-likeness (QED) is 0.532. The number of hydrogen-bond donors (Lipinski definition) is 2. The summed E-state index contributed by atoms with van der Waals surface area (Å²) in [5.74, 6) is 0. The summed E-state index contributed by atoms with van der Waals surface area (Å²) >= 11 is 1.43. The maximum atomic E-state index is 12.0. The smallest absolute Gasteiger partial charge is 0.305 e. The fraction of sp³-hybridized carbons (Fsp3) is 0.235. The van der Waals surface area contributed by atoms with Crippen LogP contribution in [0.5, 0.6) is 0 Å². The van der Waals surface area contributed by atoms with E-state index in [-0.39, 0.29) is 0 Å². The summed E-state index contributed by atoms with van der Waals surface area (Å²) in [5, 5.41) is 7.24. The summed E-state index contributed by atoms with van der Waals surface area (Å²) in [7, 11) is 4.05. The van der Waals surface area contributed by atoms with Gasteiger partial charge in [-0.15, -0.1) is 0 Å². The van der Waals surface area contributed by atoms with E-state index in [1.807, 2.05) is 26.2 Å². The van der Waals surface area contributed by atoms with Gasteiger partial charge in [0.2, 0.25) is 0 Å². The molecule has 0 saturated heterocycles. The molecule has 134 valence electrons. The SMILES string of the molecule is C/C(=N\NC(=O)Nc1nc2ccc(CN(C)C)cc2s1)c1cnccn1. The van der Waals surface area contributed by atoms with E-state index in [0.29, 0.717) is 16.5 Å². The lowest BCUT2D eigenvalue weighted by Gasteiger charge is -2.08. The number of benzene rings is 1. The standard InChI is InChI=1S/C17H19N7OS/c1-11(14-9-18-6-7-19-14)22-23-16(25)21-17-20-13-5-4-12(10-24(2)3)8-15(13)26-17/h4-9H,10H2,1-3H3,(H2,20,21,23,25)/b22-11+. The minimum absolute atomic E-state index is 0.458. The van der Waals surface area contributed by atoms with Gasteiger partial charge in [0, 0.05) is 18.9 Å². The summed E-state index contributed by atoms with van der Waals surface area (Å²) in [6.07, 6.45) is 4.73. The highest BCUT2D eigenvalue weighted by Crippen LogP contribution is 2.27. The van der Waals surface area contributed by atoms with Crippen molar-refractivity contribution in [2.75, 3.05) is 19.4 Å². The van der Waals surface area contributed by atoms with Crippen molar-refractivity contribution in [3.05, 3.63) is 48.0 Å². The van der Waals surface area contributed by atoms with Crippen LogP contribution in [-0.2, 0) is 6.54 Å². The molecule has 2 N–H and O–H groups in total. The maximum absolute atomic E-state index is 12.0.